The minimum atomic E-state index is 0.0385. The van der Waals surface area contributed by atoms with E-state index < -0.39 is 0 Å². The van der Waals surface area contributed by atoms with Crippen molar-refractivity contribution in [2.45, 2.75) is 24.7 Å². The number of rotatable bonds is 5. The molecule has 5 nitrogen and oxygen atoms in total. The molecule has 0 atom stereocenters. The highest BCUT2D eigenvalue weighted by Crippen LogP contribution is 2.47. The third-order valence-electron chi connectivity index (χ3n) is 4.39. The lowest BCUT2D eigenvalue weighted by molar-refractivity contribution is 0.250. The van der Waals surface area contributed by atoms with Gasteiger partial charge in [-0.2, -0.15) is 5.26 Å². The number of nitrogens with zero attached hydrogens (tertiary/aromatic N) is 3. The second-order valence-corrected chi connectivity index (χ2v) is 5.55. The number of hydrogen-bond acceptors (Lipinski definition) is 5. The summed E-state index contributed by atoms with van der Waals surface area (Å²) >= 11 is 0. The fourth-order valence-electron chi connectivity index (χ4n) is 3.03. The molecule has 1 aromatic carbocycles. The maximum atomic E-state index is 9.11. The number of nitrogens with one attached hydrogen (secondary N) is 1. The van der Waals surface area contributed by atoms with E-state index in [1.165, 1.54) is 18.2 Å². The molecule has 0 saturated heterocycles. The van der Waals surface area contributed by atoms with Gasteiger partial charge in [0.05, 0.1) is 7.11 Å². The van der Waals surface area contributed by atoms with Crippen LogP contribution in [0.4, 0.5) is 5.82 Å². The highest BCUT2D eigenvalue weighted by molar-refractivity contribution is 5.49. The average molecular weight is 294 g/mol. The van der Waals surface area contributed by atoms with Crippen LogP contribution >= 0.6 is 0 Å². The van der Waals surface area contributed by atoms with Crippen molar-refractivity contribution in [3.63, 3.8) is 0 Å². The number of anilines is 1. The Kier molecular flexibility index (Phi) is 3.92. The molecule has 2 aromatic rings. The maximum absolute atomic E-state index is 9.11. The number of para-hydroxylation sites is 1. The Hall–Kier alpha value is -2.61. The SMILES string of the molecule is COc1ccccc1C1(CNc2nccnc2C#N)CCC1. The van der Waals surface area contributed by atoms with Gasteiger partial charge in [0.25, 0.3) is 0 Å². The van der Waals surface area contributed by atoms with Crippen molar-refractivity contribution in [2.75, 3.05) is 19.0 Å². The predicted molar refractivity (Wildman–Crippen MR) is 83.8 cm³/mol. The first-order valence-electron chi connectivity index (χ1n) is 7.37. The lowest BCUT2D eigenvalue weighted by atomic mass is 9.64. The number of ether oxygens (including phenoxy) is 1. The van der Waals surface area contributed by atoms with Gasteiger partial charge in [0.15, 0.2) is 11.5 Å². The second-order valence-electron chi connectivity index (χ2n) is 5.55. The molecule has 1 aromatic heterocycles. The topological polar surface area (TPSA) is 70.8 Å². The minimum absolute atomic E-state index is 0.0385. The van der Waals surface area contributed by atoms with Gasteiger partial charge < -0.3 is 10.1 Å². The van der Waals surface area contributed by atoms with Crippen LogP contribution < -0.4 is 10.1 Å². The lowest BCUT2D eigenvalue weighted by Crippen LogP contribution is -2.41. The van der Waals surface area contributed by atoms with Crippen LogP contribution in [0.2, 0.25) is 0 Å². The summed E-state index contributed by atoms with van der Waals surface area (Å²) in [5, 5.41) is 12.4. The summed E-state index contributed by atoms with van der Waals surface area (Å²) in [4.78, 5) is 8.26. The van der Waals surface area contributed by atoms with E-state index in [9.17, 15) is 0 Å². The van der Waals surface area contributed by atoms with Gasteiger partial charge in [-0.15, -0.1) is 0 Å². The van der Waals surface area contributed by atoms with Crippen LogP contribution in [0.15, 0.2) is 36.7 Å². The summed E-state index contributed by atoms with van der Waals surface area (Å²) in [6.07, 6.45) is 6.53. The zero-order chi connectivity index (χ0) is 15.4. The van der Waals surface area contributed by atoms with Crippen LogP contribution in [0.1, 0.15) is 30.5 Å². The maximum Gasteiger partial charge on any atom is 0.182 e. The largest absolute Gasteiger partial charge is 0.496 e. The van der Waals surface area contributed by atoms with Crippen LogP contribution in [0.3, 0.4) is 0 Å². The van der Waals surface area contributed by atoms with Crippen LogP contribution in [0.5, 0.6) is 5.75 Å². The molecule has 0 unspecified atom stereocenters. The first-order chi connectivity index (χ1) is 10.8. The Morgan fingerprint density at radius 1 is 1.27 bits per heavy atom. The molecule has 3 rings (SSSR count). The fourth-order valence-corrected chi connectivity index (χ4v) is 3.03. The predicted octanol–water partition coefficient (Wildman–Crippen LogP) is 2.89. The average Bonchev–Trinajstić information content (AvgIpc) is 2.54. The van der Waals surface area contributed by atoms with Crippen molar-refractivity contribution in [1.82, 2.24) is 9.97 Å². The molecule has 1 aliphatic rings. The molecule has 1 aliphatic carbocycles. The van der Waals surface area contributed by atoms with Gasteiger partial charge in [0.1, 0.15) is 11.8 Å². The van der Waals surface area contributed by atoms with Crippen LogP contribution in [-0.2, 0) is 5.41 Å². The summed E-state index contributed by atoms with van der Waals surface area (Å²) in [6.45, 7) is 0.723. The van der Waals surface area contributed by atoms with E-state index in [4.69, 9.17) is 10.00 Å². The standard InChI is InChI=1S/C17H18N4O/c1-22-15-6-3-2-5-13(15)17(7-4-8-17)12-21-16-14(11-18)19-9-10-20-16/h2-3,5-6,9-10H,4,7-8,12H2,1H3,(H,20,21). The van der Waals surface area contributed by atoms with Crippen LogP contribution in [0, 0.1) is 11.3 Å². The van der Waals surface area contributed by atoms with Crippen molar-refractivity contribution in [3.05, 3.63) is 47.9 Å². The molecular weight excluding hydrogens is 276 g/mol. The molecule has 1 N–H and O–H groups in total. The Morgan fingerprint density at radius 3 is 2.73 bits per heavy atom. The molecule has 0 radical (unpaired) electrons. The van der Waals surface area contributed by atoms with E-state index in [0.717, 1.165) is 25.1 Å². The number of nitriles is 1. The van der Waals surface area contributed by atoms with Crippen LogP contribution in [0.25, 0.3) is 0 Å². The fraction of sp³-hybridized carbons (Fsp3) is 0.353. The molecule has 0 aliphatic heterocycles. The van der Waals surface area contributed by atoms with E-state index in [0.29, 0.717) is 11.5 Å². The first-order valence-corrected chi connectivity index (χ1v) is 7.37. The quantitative estimate of drug-likeness (QED) is 0.918. The third-order valence-corrected chi connectivity index (χ3v) is 4.39. The molecule has 1 saturated carbocycles. The smallest absolute Gasteiger partial charge is 0.182 e. The zero-order valence-electron chi connectivity index (χ0n) is 12.5. The second kappa shape index (κ2) is 6.02. The Balaban J connectivity index is 1.84. The van der Waals surface area contributed by atoms with E-state index in [1.54, 1.807) is 13.3 Å². The molecule has 1 fully saturated rings. The molecule has 1 heterocycles. The van der Waals surface area contributed by atoms with Gasteiger partial charge in [-0.3, -0.25) is 0 Å². The van der Waals surface area contributed by atoms with Crippen LogP contribution in [-0.4, -0.2) is 23.6 Å². The highest BCUT2D eigenvalue weighted by Gasteiger charge is 2.40. The number of methoxy groups -OCH3 is 1. The van der Waals surface area contributed by atoms with Crippen molar-refractivity contribution < 1.29 is 4.74 Å². The molecular formula is C17H18N4O. The van der Waals surface area contributed by atoms with Gasteiger partial charge in [-0.1, -0.05) is 24.6 Å². The summed E-state index contributed by atoms with van der Waals surface area (Å²) < 4.78 is 5.52. The van der Waals surface area contributed by atoms with Crippen molar-refractivity contribution in [3.8, 4) is 11.8 Å². The monoisotopic (exact) mass is 294 g/mol. The van der Waals surface area contributed by atoms with Gasteiger partial charge in [0.2, 0.25) is 0 Å². The Morgan fingerprint density at radius 2 is 2.05 bits per heavy atom. The van der Waals surface area contributed by atoms with E-state index in [2.05, 4.69) is 27.4 Å². The van der Waals surface area contributed by atoms with Gasteiger partial charge >= 0.3 is 0 Å². The lowest BCUT2D eigenvalue weighted by Gasteiger charge is -2.43. The number of benzene rings is 1. The highest BCUT2D eigenvalue weighted by atomic mass is 16.5. The van der Waals surface area contributed by atoms with Crippen molar-refractivity contribution in [2.24, 2.45) is 0 Å². The minimum Gasteiger partial charge on any atom is -0.496 e. The van der Waals surface area contributed by atoms with Gasteiger partial charge in [0, 0.05) is 29.9 Å². The molecule has 22 heavy (non-hydrogen) atoms. The van der Waals surface area contributed by atoms with Crippen molar-refractivity contribution >= 4 is 5.82 Å². The third kappa shape index (κ3) is 2.48. The van der Waals surface area contributed by atoms with Gasteiger partial charge in [-0.05, 0) is 18.9 Å². The summed E-state index contributed by atoms with van der Waals surface area (Å²) in [7, 11) is 1.70. The molecule has 0 amide bonds. The number of hydrogen-bond donors (Lipinski definition) is 1. The first kappa shape index (κ1) is 14.3. The Bertz CT molecular complexity index is 704. The summed E-state index contributed by atoms with van der Waals surface area (Å²) in [5.41, 5.74) is 1.59. The van der Waals surface area contributed by atoms with E-state index in [-0.39, 0.29) is 5.41 Å². The van der Waals surface area contributed by atoms with E-state index in [1.807, 2.05) is 18.2 Å². The summed E-state index contributed by atoms with van der Waals surface area (Å²) in [6, 6.07) is 10.2. The molecule has 112 valence electrons. The molecule has 0 spiro atoms. The van der Waals surface area contributed by atoms with Crippen molar-refractivity contribution in [1.29, 1.82) is 5.26 Å². The van der Waals surface area contributed by atoms with Gasteiger partial charge in [-0.25, -0.2) is 9.97 Å². The summed E-state index contributed by atoms with van der Waals surface area (Å²) in [5.74, 6) is 1.47. The molecule has 5 heteroatoms. The zero-order valence-corrected chi connectivity index (χ0v) is 12.5. The Labute approximate surface area is 130 Å². The number of aromatic nitrogens is 2. The van der Waals surface area contributed by atoms with E-state index >= 15 is 0 Å². The molecule has 0 bridgehead atoms. The normalized spacial score (nSPS) is 15.5.